The molecule has 2 unspecified atom stereocenters. The fourth-order valence-corrected chi connectivity index (χ4v) is 3.42. The van der Waals surface area contributed by atoms with Gasteiger partial charge in [-0.2, -0.15) is 0 Å². The minimum Gasteiger partial charge on any atom is -0.314 e. The van der Waals surface area contributed by atoms with Crippen molar-refractivity contribution in [1.82, 2.24) is 15.1 Å². The normalized spacial score (nSPS) is 32.3. The van der Waals surface area contributed by atoms with E-state index in [-0.39, 0.29) is 0 Å². The van der Waals surface area contributed by atoms with Crippen molar-refractivity contribution >= 4 is 0 Å². The molecule has 2 atom stereocenters. The van der Waals surface area contributed by atoms with E-state index in [1.54, 1.807) is 0 Å². The highest BCUT2D eigenvalue weighted by atomic mass is 15.3. The predicted octanol–water partition coefficient (Wildman–Crippen LogP) is 1.79. The maximum absolute atomic E-state index is 3.47. The number of piperidine rings is 1. The lowest BCUT2D eigenvalue weighted by Gasteiger charge is -2.51. The summed E-state index contributed by atoms with van der Waals surface area (Å²) in [6, 6.07) is 1.48. The van der Waals surface area contributed by atoms with E-state index < -0.39 is 0 Å². The molecule has 0 aliphatic carbocycles. The van der Waals surface area contributed by atoms with Crippen LogP contribution in [0.1, 0.15) is 40.5 Å². The molecule has 1 N–H and O–H groups in total. The van der Waals surface area contributed by atoms with Crippen LogP contribution < -0.4 is 5.32 Å². The molecular formula is C15H31N3. The zero-order valence-corrected chi connectivity index (χ0v) is 12.7. The number of nitrogens with one attached hydrogen (secondary N) is 1. The SMILES string of the molecule is CCC(C)N1CCC(C)(C)C(N2CCNCC2)C1. The summed E-state index contributed by atoms with van der Waals surface area (Å²) in [5.41, 5.74) is 0.474. The molecule has 2 fully saturated rings. The Hall–Kier alpha value is -0.120. The zero-order chi connectivity index (χ0) is 13.2. The van der Waals surface area contributed by atoms with Crippen molar-refractivity contribution in [2.45, 2.75) is 52.6 Å². The molecule has 2 aliphatic rings. The molecule has 0 aromatic heterocycles. The summed E-state index contributed by atoms with van der Waals surface area (Å²) in [5, 5.41) is 3.47. The Bertz CT molecular complexity index is 258. The van der Waals surface area contributed by atoms with E-state index in [2.05, 4.69) is 42.8 Å². The van der Waals surface area contributed by atoms with Gasteiger partial charge in [0.25, 0.3) is 0 Å². The Morgan fingerprint density at radius 1 is 1.22 bits per heavy atom. The molecule has 2 aliphatic heterocycles. The Morgan fingerprint density at radius 3 is 2.50 bits per heavy atom. The van der Waals surface area contributed by atoms with Crippen LogP contribution >= 0.6 is 0 Å². The van der Waals surface area contributed by atoms with E-state index in [9.17, 15) is 0 Å². The van der Waals surface area contributed by atoms with Crippen LogP contribution in [0.2, 0.25) is 0 Å². The Kier molecular flexibility index (Phi) is 4.68. The average molecular weight is 253 g/mol. The Labute approximate surface area is 113 Å². The molecule has 0 radical (unpaired) electrons. The van der Waals surface area contributed by atoms with Crippen LogP contribution in [0, 0.1) is 5.41 Å². The van der Waals surface area contributed by atoms with Crippen molar-refractivity contribution in [3.8, 4) is 0 Å². The van der Waals surface area contributed by atoms with Gasteiger partial charge in [-0.3, -0.25) is 9.80 Å². The third-order valence-corrected chi connectivity index (χ3v) is 5.16. The van der Waals surface area contributed by atoms with Gasteiger partial charge < -0.3 is 5.32 Å². The first-order valence-electron chi connectivity index (χ1n) is 7.73. The molecule has 2 rings (SSSR count). The second-order valence-electron chi connectivity index (χ2n) is 6.79. The minimum absolute atomic E-state index is 0.474. The van der Waals surface area contributed by atoms with Crippen molar-refractivity contribution in [3.05, 3.63) is 0 Å². The van der Waals surface area contributed by atoms with Gasteiger partial charge in [0.05, 0.1) is 0 Å². The molecule has 3 heteroatoms. The molecule has 0 bridgehead atoms. The monoisotopic (exact) mass is 253 g/mol. The number of rotatable bonds is 3. The van der Waals surface area contributed by atoms with Crippen LogP contribution in [-0.4, -0.2) is 61.2 Å². The van der Waals surface area contributed by atoms with Crippen LogP contribution in [0.4, 0.5) is 0 Å². The van der Waals surface area contributed by atoms with E-state index in [1.807, 2.05) is 0 Å². The van der Waals surface area contributed by atoms with Gasteiger partial charge in [-0.25, -0.2) is 0 Å². The van der Waals surface area contributed by atoms with E-state index in [0.717, 1.165) is 25.2 Å². The smallest absolute Gasteiger partial charge is 0.0275 e. The first-order valence-corrected chi connectivity index (χ1v) is 7.73. The number of nitrogens with zero attached hydrogens (tertiary/aromatic N) is 2. The van der Waals surface area contributed by atoms with Crippen molar-refractivity contribution in [2.75, 3.05) is 39.3 Å². The van der Waals surface area contributed by atoms with Gasteiger partial charge in [-0.05, 0) is 31.7 Å². The highest BCUT2D eigenvalue weighted by Gasteiger charge is 2.39. The summed E-state index contributed by atoms with van der Waals surface area (Å²) in [4.78, 5) is 5.43. The Balaban J connectivity index is 2.03. The molecule has 2 saturated heterocycles. The van der Waals surface area contributed by atoms with Crippen LogP contribution in [0.25, 0.3) is 0 Å². The van der Waals surface area contributed by atoms with Gasteiger partial charge in [0.15, 0.2) is 0 Å². The number of hydrogen-bond acceptors (Lipinski definition) is 3. The zero-order valence-electron chi connectivity index (χ0n) is 12.7. The van der Waals surface area contributed by atoms with Gasteiger partial charge in [0.2, 0.25) is 0 Å². The van der Waals surface area contributed by atoms with Crippen LogP contribution in [-0.2, 0) is 0 Å². The highest BCUT2D eigenvalue weighted by Crippen LogP contribution is 2.35. The predicted molar refractivity (Wildman–Crippen MR) is 78.0 cm³/mol. The third-order valence-electron chi connectivity index (χ3n) is 5.16. The van der Waals surface area contributed by atoms with E-state index in [1.165, 1.54) is 39.0 Å². The fraction of sp³-hybridized carbons (Fsp3) is 1.00. The van der Waals surface area contributed by atoms with Crippen LogP contribution in [0.5, 0.6) is 0 Å². The molecule has 0 spiro atoms. The lowest BCUT2D eigenvalue weighted by molar-refractivity contribution is -0.0121. The molecule has 106 valence electrons. The molecule has 2 heterocycles. The summed E-state index contributed by atoms with van der Waals surface area (Å²) in [6.45, 7) is 16.9. The molecule has 0 aromatic carbocycles. The van der Waals surface area contributed by atoms with Crippen molar-refractivity contribution in [1.29, 1.82) is 0 Å². The first kappa shape index (κ1) is 14.3. The summed E-state index contributed by atoms with van der Waals surface area (Å²) in [6.07, 6.45) is 2.61. The number of piperazine rings is 1. The van der Waals surface area contributed by atoms with Crippen LogP contribution in [0.3, 0.4) is 0 Å². The molecule has 0 amide bonds. The average Bonchev–Trinajstić information content (AvgIpc) is 2.38. The van der Waals surface area contributed by atoms with Gasteiger partial charge in [0.1, 0.15) is 0 Å². The van der Waals surface area contributed by atoms with Crippen molar-refractivity contribution < 1.29 is 0 Å². The molecule has 18 heavy (non-hydrogen) atoms. The summed E-state index contributed by atoms with van der Waals surface area (Å²) < 4.78 is 0. The third kappa shape index (κ3) is 3.06. The van der Waals surface area contributed by atoms with Gasteiger partial charge in [-0.15, -0.1) is 0 Å². The first-order chi connectivity index (χ1) is 8.54. The number of likely N-dealkylation sites (tertiary alicyclic amines) is 1. The molecule has 3 nitrogen and oxygen atoms in total. The summed E-state index contributed by atoms with van der Waals surface area (Å²) in [5.74, 6) is 0. The minimum atomic E-state index is 0.474. The van der Waals surface area contributed by atoms with E-state index in [4.69, 9.17) is 0 Å². The lowest BCUT2D eigenvalue weighted by Crippen LogP contribution is -2.61. The summed E-state index contributed by atoms with van der Waals surface area (Å²) >= 11 is 0. The largest absolute Gasteiger partial charge is 0.314 e. The standard InChI is InChI=1S/C15H31N3/c1-5-13(2)18-9-6-15(3,4)14(12-18)17-10-7-16-8-11-17/h13-14,16H,5-12H2,1-4H3. The maximum atomic E-state index is 3.47. The molecule has 0 saturated carbocycles. The van der Waals surface area contributed by atoms with Crippen molar-refractivity contribution in [2.24, 2.45) is 5.41 Å². The molecule has 0 aromatic rings. The topological polar surface area (TPSA) is 18.5 Å². The summed E-state index contributed by atoms with van der Waals surface area (Å²) in [7, 11) is 0. The highest BCUT2D eigenvalue weighted by molar-refractivity contribution is 4.95. The van der Waals surface area contributed by atoms with E-state index >= 15 is 0 Å². The maximum Gasteiger partial charge on any atom is 0.0275 e. The number of hydrogen-bond donors (Lipinski definition) is 1. The second kappa shape index (κ2) is 5.89. The second-order valence-corrected chi connectivity index (χ2v) is 6.79. The molecular weight excluding hydrogens is 222 g/mol. The van der Waals surface area contributed by atoms with Gasteiger partial charge >= 0.3 is 0 Å². The van der Waals surface area contributed by atoms with E-state index in [0.29, 0.717) is 5.41 Å². The fourth-order valence-electron chi connectivity index (χ4n) is 3.42. The quantitative estimate of drug-likeness (QED) is 0.827. The van der Waals surface area contributed by atoms with Gasteiger partial charge in [-0.1, -0.05) is 20.8 Å². The Morgan fingerprint density at radius 2 is 1.89 bits per heavy atom. The van der Waals surface area contributed by atoms with Crippen molar-refractivity contribution in [3.63, 3.8) is 0 Å². The lowest BCUT2D eigenvalue weighted by atomic mass is 9.76. The van der Waals surface area contributed by atoms with Crippen LogP contribution in [0.15, 0.2) is 0 Å². The van der Waals surface area contributed by atoms with Gasteiger partial charge in [0, 0.05) is 44.8 Å².